The number of alkyl halides is 1. The van der Waals surface area contributed by atoms with E-state index in [0.29, 0.717) is 50.8 Å². The van der Waals surface area contributed by atoms with Gasteiger partial charge in [-0.15, -0.1) is 64.0 Å². The molecule has 0 aromatic carbocycles. The van der Waals surface area contributed by atoms with Crippen LogP contribution >= 0.6 is 62.5 Å². The maximum atomic E-state index is 9.76. The monoisotopic (exact) mass is 1260 g/mol. The molecule has 0 radical (unpaired) electrons. The average molecular weight is 1260 g/mol. The Hall–Kier alpha value is 0.940. The number of oxime groups is 2. The molecule has 0 spiro atoms. The molecule has 0 amide bonds. The van der Waals surface area contributed by atoms with Crippen molar-refractivity contribution >= 4 is 86.7 Å². The fraction of sp³-hybridized carbons (Fsp3) is 0.714. The van der Waals surface area contributed by atoms with Crippen molar-refractivity contribution in [3.05, 3.63) is 50.6 Å². The molecule has 2 aliphatic rings. The molecule has 7 atom stereocenters. The summed E-state index contributed by atoms with van der Waals surface area (Å²) in [6, 6.07) is 0. The number of rotatable bonds is 26. The van der Waals surface area contributed by atoms with Crippen LogP contribution in [0.2, 0.25) is 0 Å². The fourth-order valence-corrected chi connectivity index (χ4v) is 5.01. The number of fused-ring (bicyclic) bond motifs is 1. The predicted molar refractivity (Wildman–Crippen MR) is 307 cm³/mol. The van der Waals surface area contributed by atoms with Crippen molar-refractivity contribution in [3.8, 4) is 12.8 Å². The van der Waals surface area contributed by atoms with Crippen LogP contribution in [0.4, 0.5) is 0 Å². The fourth-order valence-electron chi connectivity index (χ4n) is 4.63. The molecule has 0 saturated carbocycles. The second-order valence-corrected chi connectivity index (χ2v) is 14.3. The number of nitrogens with two attached hydrogens (primary N) is 1. The SMILES string of the molecule is C.C#C.C=CC[C@H](C)CCC(OCC)OCC.C=CC[C@H](C)O.C=CC[C@H](C)OC/C=N/O.C=CC[C@H](C)OCC=O.CC(=O)[O-].CCOC(CBr)OCC.C[C@H]1C[C@H]2CON=C2CO1.Cl.Cl.NO.P.[H-].[Na+].[Na+].[Na+].[O-]Cl. The smallest absolute Gasteiger partial charge is 1.00 e. The summed E-state index contributed by atoms with van der Waals surface area (Å²) in [4.78, 5) is 23.6. The number of carboxylic acid groups (broad SMARTS) is 1. The maximum Gasteiger partial charge on any atom is 1.00 e. The molecular weight excluding hydrogens is 1160 g/mol. The molecule has 0 aromatic rings. The van der Waals surface area contributed by atoms with Gasteiger partial charge in [-0.2, -0.15) is 9.90 Å². The van der Waals surface area contributed by atoms with Gasteiger partial charge in [-0.25, -0.2) is 17.8 Å². The molecule has 2 aliphatic heterocycles. The van der Waals surface area contributed by atoms with Gasteiger partial charge in [0.25, 0.3) is 0 Å². The van der Waals surface area contributed by atoms with Crippen LogP contribution in [0.1, 0.15) is 123 Å². The second kappa shape index (κ2) is 103. The van der Waals surface area contributed by atoms with Crippen molar-refractivity contribution in [2.24, 2.45) is 28.0 Å². The summed E-state index contributed by atoms with van der Waals surface area (Å²) < 4.78 is 44.5. The van der Waals surface area contributed by atoms with Gasteiger partial charge >= 0.3 is 88.7 Å². The molecule has 0 aromatic heterocycles. The molecule has 0 bridgehead atoms. The van der Waals surface area contributed by atoms with Gasteiger partial charge in [0, 0.05) is 38.3 Å². The van der Waals surface area contributed by atoms with Crippen molar-refractivity contribution in [1.82, 2.24) is 0 Å². The summed E-state index contributed by atoms with van der Waals surface area (Å²) in [7, 11) is 0. The van der Waals surface area contributed by atoms with Gasteiger partial charge in [0.15, 0.2) is 12.6 Å². The summed E-state index contributed by atoms with van der Waals surface area (Å²) in [5, 5.41) is 39.3. The van der Waals surface area contributed by atoms with Gasteiger partial charge in [-0.1, -0.05) is 64.9 Å². The number of allylic oxidation sites excluding steroid dienone is 1. The van der Waals surface area contributed by atoms with E-state index in [1.807, 2.05) is 47.6 Å². The van der Waals surface area contributed by atoms with E-state index in [9.17, 15) is 4.79 Å². The van der Waals surface area contributed by atoms with E-state index in [0.717, 1.165) is 82.6 Å². The third-order valence-corrected chi connectivity index (χ3v) is 8.08. The first-order valence-electron chi connectivity index (χ1n) is 22.3. The van der Waals surface area contributed by atoms with Crippen LogP contribution in [-0.2, 0) is 47.6 Å². The standard InChI is InChI=1S/C12H24O2.C7H11NO2.C7H13NO2.C7H12O2.C6H13BrO2.C5H10O.C2H4O2.C2H2.CH4.ClO.2ClH.H3NO.3Na.H3P.H/c1-5-8-11(4)9-10-12(13-6-2)14-7-3;1-5-2-6-3-10-8-7(6)4-9-5;1-3-4-7(2)10-6-5-8-9;1-3-4-7(2)9-6-5-8;1-3-8-6(5-7)9-4-2;1-3-4-5(2)6;1-2(3)4;1-2;;1-2;;;1-2;;;;;/h5,11-12H,1,6-10H2,2-4H3;5-6H,2-4H2,1H3;3,5,7,9H,1,4,6H2,2H3;3,5,7H,1,4,6H2,2H3;6H,3-5H2,1-2H3;3,5-6H,1,4H2,2H3;1H3,(H,3,4);1-2H;1H4;;2*1H;2H,1H2;;;;1H3;/q;;;;;;;;;-1;;;;3*+1;;-1/p-1/b;;8-5+;;;;;;;;;;;;;;;/t11-;5-,6-;2*7-;;5-;;;;;;;;;;;;/m0000.0............/s1. The first-order valence-corrected chi connectivity index (χ1v) is 23.7. The van der Waals surface area contributed by atoms with Crippen molar-refractivity contribution in [3.63, 3.8) is 0 Å². The number of aliphatic hydroxyl groups is 1. The van der Waals surface area contributed by atoms with Crippen molar-refractivity contribution in [2.75, 3.05) is 58.2 Å². The van der Waals surface area contributed by atoms with Crippen LogP contribution in [0.5, 0.6) is 0 Å². The number of hydrogen-bond acceptors (Lipinski definition) is 18. The second-order valence-electron chi connectivity index (χ2n) is 13.6. The number of carbonyl (C=O) groups excluding carboxylic acids is 2. The Kier molecular flexibility index (Phi) is 158. The van der Waals surface area contributed by atoms with Crippen LogP contribution < -0.4 is 104 Å². The number of carbonyl (C=O) groups is 2. The summed E-state index contributed by atoms with van der Waals surface area (Å²) in [5.41, 5.74) is 1.10. The number of aliphatic hydroxyl groups excluding tert-OH is 1. The Morgan fingerprint density at radius 1 is 0.840 bits per heavy atom. The topological polar surface area (TPSA) is 266 Å². The number of aliphatic carboxylic acids is 1. The van der Waals surface area contributed by atoms with Crippen molar-refractivity contribution in [2.45, 2.75) is 159 Å². The Morgan fingerprint density at radius 2 is 1.23 bits per heavy atom. The molecule has 18 nitrogen and oxygen atoms in total. The molecule has 2 rings (SSSR count). The molecule has 5 N–H and O–H groups in total. The van der Waals surface area contributed by atoms with Crippen LogP contribution in [0.3, 0.4) is 0 Å². The summed E-state index contributed by atoms with van der Waals surface area (Å²) in [6.45, 7) is 37.9. The molecule has 1 saturated heterocycles. The van der Waals surface area contributed by atoms with E-state index >= 15 is 0 Å². The molecule has 26 heteroatoms. The zero-order valence-corrected chi connectivity index (χ0v) is 58.8. The van der Waals surface area contributed by atoms with Gasteiger partial charge in [0.1, 0.15) is 19.5 Å². The average Bonchev–Trinajstić information content (AvgIpc) is 3.79. The minimum atomic E-state index is -1.08. The first-order chi connectivity index (χ1) is 32.6. The molecule has 75 heavy (non-hydrogen) atoms. The molecule has 1 unspecified atom stereocenters. The summed E-state index contributed by atoms with van der Waals surface area (Å²) in [6.07, 6.45) is 24.2. The van der Waals surface area contributed by atoms with Gasteiger partial charge in [0.05, 0.1) is 54.9 Å². The number of nitrogens with zero attached hydrogens (tertiary/aromatic N) is 2. The van der Waals surface area contributed by atoms with E-state index in [1.165, 1.54) is 6.21 Å². The number of hydrogen-bond donors (Lipinski definition) is 4. The van der Waals surface area contributed by atoms with E-state index in [-0.39, 0.29) is 170 Å². The number of terminal acetylenes is 1. The number of halogens is 4. The molecular formula is C49H101BrCl3N3Na3O15P. The van der Waals surface area contributed by atoms with E-state index in [4.69, 9.17) is 68.1 Å². The van der Waals surface area contributed by atoms with Crippen LogP contribution in [0.15, 0.2) is 60.9 Å². The Balaban J connectivity index is -0.0000000388. The van der Waals surface area contributed by atoms with Crippen LogP contribution in [0.25, 0.3) is 0 Å². The van der Waals surface area contributed by atoms with E-state index in [2.05, 4.69) is 97.0 Å². The Labute approximate surface area is 552 Å². The maximum absolute atomic E-state index is 9.76. The Bertz CT molecular complexity index is 1170. The van der Waals surface area contributed by atoms with Crippen LogP contribution in [-0.4, -0.2) is 135 Å². The van der Waals surface area contributed by atoms with Crippen LogP contribution in [0, 0.1) is 24.7 Å². The largest absolute Gasteiger partial charge is 1.00 e. The third kappa shape index (κ3) is 111. The number of aldehydes is 1. The molecule has 0 aliphatic carbocycles. The normalized spacial score (nSPS) is 13.8. The Morgan fingerprint density at radius 3 is 1.55 bits per heavy atom. The number of ether oxygens (including phenoxy) is 7. The molecule has 2 heterocycles. The molecule has 438 valence electrons. The summed E-state index contributed by atoms with van der Waals surface area (Å²) >= 11 is 6.66. The zero-order chi connectivity index (χ0) is 54.4. The van der Waals surface area contributed by atoms with E-state index in [1.54, 1.807) is 25.2 Å². The number of carboxylic acids is 1. The van der Waals surface area contributed by atoms with Crippen molar-refractivity contribution in [1.29, 1.82) is 0 Å². The molecule has 1 fully saturated rings. The third-order valence-electron chi connectivity index (χ3n) is 7.55. The van der Waals surface area contributed by atoms with Gasteiger partial charge in [-0.3, -0.25) is 0 Å². The van der Waals surface area contributed by atoms with E-state index < -0.39 is 5.97 Å². The first kappa shape index (κ1) is 115. The minimum Gasteiger partial charge on any atom is -1.00 e. The predicted octanol–water partition coefficient (Wildman–Crippen LogP) is -0.00400. The summed E-state index contributed by atoms with van der Waals surface area (Å²) in [5.74, 6) is 3.64. The van der Waals surface area contributed by atoms with Gasteiger partial charge < -0.3 is 74.3 Å². The zero-order valence-electron chi connectivity index (χ0n) is 48.4. The minimum absolute atomic E-state index is 0. The quantitative estimate of drug-likeness (QED) is 0.00849. The van der Waals surface area contributed by atoms with Gasteiger partial charge in [-0.05, 0) is 113 Å². The van der Waals surface area contributed by atoms with Gasteiger partial charge in [0.2, 0.25) is 0 Å². The van der Waals surface area contributed by atoms with Crippen molar-refractivity contribution < 1.29 is 163 Å².